The Hall–Kier alpha value is -0.0400. The Labute approximate surface area is 57.6 Å². The summed E-state index contributed by atoms with van der Waals surface area (Å²) in [5.41, 5.74) is 0. The molecular formula is C7H27N. The molecule has 0 aliphatic heterocycles. The normalized spacial score (nSPS) is 2.25. The first kappa shape index (κ1) is 44.0. The van der Waals surface area contributed by atoms with Gasteiger partial charge in [0.25, 0.3) is 0 Å². The standard InChI is InChI=1S/3C2H6.CH4.H3N.H2/c3*1-2;;;/h3*1-2H3;1H4;1H3;1H/i;;;;;1+2. The fraction of sp³-hybridized carbons (Fsp3) is 1.00. The van der Waals surface area contributed by atoms with Crippen molar-refractivity contribution < 1.29 is 1.43 Å². The van der Waals surface area contributed by atoms with Crippen molar-refractivity contribution in [3.8, 4) is 0 Å². The smallest absolute Gasteiger partial charge is 0 e. The van der Waals surface area contributed by atoms with Crippen molar-refractivity contribution in [3.63, 3.8) is 0 Å². The first-order valence-electron chi connectivity index (χ1n) is 3.00. The maximum atomic E-state index is 2.00. The summed E-state index contributed by atoms with van der Waals surface area (Å²) in [6, 6.07) is 0. The molecule has 0 atom stereocenters. The summed E-state index contributed by atoms with van der Waals surface area (Å²) in [6.07, 6.45) is 0. The maximum Gasteiger partial charge on any atom is 0 e. The quantitative estimate of drug-likeness (QED) is 0.522. The van der Waals surface area contributed by atoms with Crippen LogP contribution in [0.25, 0.3) is 0 Å². The molecule has 0 aromatic heterocycles. The summed E-state index contributed by atoms with van der Waals surface area (Å²) in [7, 11) is 0. The molecule has 1 heteroatoms. The van der Waals surface area contributed by atoms with E-state index in [1.165, 1.54) is 0 Å². The van der Waals surface area contributed by atoms with Crippen LogP contribution >= 0.6 is 0 Å². The van der Waals surface area contributed by atoms with Crippen LogP contribution in [0.1, 0.15) is 50.4 Å². The molecule has 0 heterocycles. The van der Waals surface area contributed by atoms with Crippen molar-refractivity contribution in [2.45, 2.75) is 49.0 Å². The molecule has 0 aromatic rings. The van der Waals surface area contributed by atoms with Crippen molar-refractivity contribution in [2.75, 3.05) is 0 Å². The Balaban J connectivity index is -0.00000000321. The van der Waals surface area contributed by atoms with Gasteiger partial charge < -0.3 is 6.15 Å². The van der Waals surface area contributed by atoms with Gasteiger partial charge in [0, 0.05) is 1.43 Å². The monoisotopic (exact) mass is 127 g/mol. The highest BCUT2D eigenvalue weighted by Crippen LogP contribution is 1.15. The van der Waals surface area contributed by atoms with Crippen LogP contribution in [0.2, 0.25) is 0 Å². The molecule has 3 N–H and O–H groups in total. The Morgan fingerprint density at radius 1 is 0.625 bits per heavy atom. The third kappa shape index (κ3) is 91600. The van der Waals surface area contributed by atoms with E-state index < -0.39 is 0 Å². The Bertz CT molecular complexity index is 8.88. The summed E-state index contributed by atoms with van der Waals surface area (Å²) >= 11 is 0. The van der Waals surface area contributed by atoms with Gasteiger partial charge in [-0.15, -0.1) is 0 Å². The molecule has 0 radical (unpaired) electrons. The second-order valence-corrected chi connectivity index (χ2v) is 0. The summed E-state index contributed by atoms with van der Waals surface area (Å²) < 4.78 is 0. The van der Waals surface area contributed by atoms with Crippen LogP contribution in [0.4, 0.5) is 0 Å². The molecular weight excluding hydrogens is 98.1 g/mol. The topological polar surface area (TPSA) is 35.0 Å². The molecule has 1 nitrogen and oxygen atoms in total. The zero-order valence-corrected chi connectivity index (χ0v) is 6.71. The minimum atomic E-state index is 0. The fourth-order valence-corrected chi connectivity index (χ4v) is 0. The van der Waals surface area contributed by atoms with Gasteiger partial charge in [0.05, 0.1) is 0 Å². The van der Waals surface area contributed by atoms with Crippen molar-refractivity contribution in [1.82, 2.24) is 6.15 Å². The maximum absolute atomic E-state index is 2.00. The second kappa shape index (κ2) is 155000. The van der Waals surface area contributed by atoms with Crippen LogP contribution in [0, 0.1) is 0 Å². The van der Waals surface area contributed by atoms with Gasteiger partial charge in [0.2, 0.25) is 0 Å². The lowest BCUT2D eigenvalue weighted by molar-refractivity contribution is 1.50. The van der Waals surface area contributed by atoms with Gasteiger partial charge in [-0.1, -0.05) is 49.0 Å². The largest absolute Gasteiger partial charge is 0.344 e. The first-order chi connectivity index (χ1) is 3.00. The lowest BCUT2D eigenvalue weighted by Gasteiger charge is -1.07. The van der Waals surface area contributed by atoms with E-state index >= 15 is 0 Å². The molecule has 0 amide bonds. The fourth-order valence-electron chi connectivity index (χ4n) is 0. The summed E-state index contributed by atoms with van der Waals surface area (Å²) in [4.78, 5) is 0. The highest BCUT2D eigenvalue weighted by Gasteiger charge is 0.936. The van der Waals surface area contributed by atoms with Gasteiger partial charge in [-0.3, -0.25) is 0 Å². The van der Waals surface area contributed by atoms with Gasteiger partial charge in [0.15, 0.2) is 0 Å². The third-order valence-electron chi connectivity index (χ3n) is 0. The Morgan fingerprint density at radius 2 is 0.625 bits per heavy atom. The number of hydrogen-bond acceptors (Lipinski definition) is 1. The zero-order valence-electron chi connectivity index (χ0n) is 6.71. The average Bonchev–Trinajstić information content (AvgIpc) is 1.81. The van der Waals surface area contributed by atoms with Gasteiger partial charge in [0.1, 0.15) is 0 Å². The van der Waals surface area contributed by atoms with Gasteiger partial charge >= 0.3 is 0 Å². The molecule has 8 heavy (non-hydrogen) atoms. The SMILES string of the molecule is C.CC.CC.CC.N.[3HH]. The Kier molecular flexibility index (Phi) is 850000. The minimum absolute atomic E-state index is 0. The van der Waals surface area contributed by atoms with Crippen LogP contribution < -0.4 is 6.15 Å². The van der Waals surface area contributed by atoms with E-state index in [1.807, 2.05) is 41.5 Å². The first-order valence-corrected chi connectivity index (χ1v) is 3.00. The third-order valence-corrected chi connectivity index (χ3v) is 0. The molecule has 0 saturated heterocycles. The molecule has 0 saturated carbocycles. The van der Waals surface area contributed by atoms with E-state index in [-0.39, 0.29) is 15.0 Å². The molecule has 0 bridgehead atoms. The predicted molar refractivity (Wildman–Crippen MR) is 47.9 cm³/mol. The van der Waals surface area contributed by atoms with Crippen molar-refractivity contribution in [3.05, 3.63) is 0 Å². The Morgan fingerprint density at radius 3 is 0.625 bits per heavy atom. The van der Waals surface area contributed by atoms with E-state index in [0.29, 0.717) is 0 Å². The summed E-state index contributed by atoms with van der Waals surface area (Å²) in [5.74, 6) is 0. The van der Waals surface area contributed by atoms with E-state index in [2.05, 4.69) is 0 Å². The van der Waals surface area contributed by atoms with E-state index in [0.717, 1.165) is 0 Å². The molecule has 0 aliphatic carbocycles. The van der Waals surface area contributed by atoms with Crippen LogP contribution in [-0.2, 0) is 0 Å². The predicted octanol–water partition coefficient (Wildman–Crippen LogP) is 4.12. The van der Waals surface area contributed by atoms with Crippen LogP contribution in [0.15, 0.2) is 0 Å². The average molecular weight is 127 g/mol. The van der Waals surface area contributed by atoms with Crippen molar-refractivity contribution in [2.24, 2.45) is 0 Å². The minimum Gasteiger partial charge on any atom is -0.344 e. The molecule has 0 fully saturated rings. The highest BCUT2D eigenvalue weighted by molar-refractivity contribution is 3.51. The molecule has 0 aromatic carbocycles. The number of hydrogen-bond donors (Lipinski definition) is 1. The molecule has 0 aliphatic rings. The van der Waals surface area contributed by atoms with Crippen molar-refractivity contribution >= 4 is 0 Å². The van der Waals surface area contributed by atoms with Crippen molar-refractivity contribution in [1.29, 1.82) is 0 Å². The van der Waals surface area contributed by atoms with Gasteiger partial charge in [-0.25, -0.2) is 0 Å². The molecule has 60 valence electrons. The second-order valence-electron chi connectivity index (χ2n) is 0. The van der Waals surface area contributed by atoms with Crippen LogP contribution in [0.3, 0.4) is 0 Å². The summed E-state index contributed by atoms with van der Waals surface area (Å²) in [6.45, 7) is 12.0. The van der Waals surface area contributed by atoms with Gasteiger partial charge in [-0.05, 0) is 0 Å². The highest BCUT2D eigenvalue weighted by atomic mass is 14.0. The number of rotatable bonds is 0. The molecule has 0 rings (SSSR count). The van der Waals surface area contributed by atoms with E-state index in [9.17, 15) is 0 Å². The van der Waals surface area contributed by atoms with E-state index in [1.54, 1.807) is 0 Å². The molecule has 0 unspecified atom stereocenters. The zero-order chi connectivity index (χ0) is 6.00. The van der Waals surface area contributed by atoms with Crippen LogP contribution in [0.5, 0.6) is 0 Å². The van der Waals surface area contributed by atoms with Crippen LogP contribution in [-0.4, -0.2) is 0 Å². The lowest BCUT2D eigenvalue weighted by Crippen LogP contribution is -0.856. The van der Waals surface area contributed by atoms with E-state index in [4.69, 9.17) is 0 Å². The lowest BCUT2D eigenvalue weighted by atomic mass is 11.0. The summed E-state index contributed by atoms with van der Waals surface area (Å²) in [5, 5.41) is 0. The van der Waals surface area contributed by atoms with Gasteiger partial charge in [-0.2, -0.15) is 0 Å². The molecule has 0 spiro atoms.